The van der Waals surface area contributed by atoms with Crippen LogP contribution in [0.3, 0.4) is 0 Å². The molecule has 0 aromatic heterocycles. The molecular weight excluding hydrogens is 269 g/mol. The Morgan fingerprint density at radius 1 is 1.28 bits per heavy atom. The van der Waals surface area contributed by atoms with Crippen LogP contribution in [0.25, 0.3) is 0 Å². The molecule has 1 heterocycles. The van der Waals surface area contributed by atoms with Crippen LogP contribution in [0.2, 0.25) is 10.0 Å². The molecule has 1 aliphatic heterocycles. The van der Waals surface area contributed by atoms with E-state index in [1.54, 1.807) is 12.1 Å². The first kappa shape index (κ1) is 14.1. The van der Waals surface area contributed by atoms with Crippen LogP contribution in [0.5, 0.6) is 0 Å². The van der Waals surface area contributed by atoms with Crippen LogP contribution in [0.15, 0.2) is 18.2 Å². The number of halogens is 2. The maximum atomic E-state index is 10.3. The van der Waals surface area contributed by atoms with E-state index in [1.165, 1.54) is 19.3 Å². The van der Waals surface area contributed by atoms with Crippen molar-refractivity contribution in [1.82, 2.24) is 5.32 Å². The van der Waals surface area contributed by atoms with Crippen LogP contribution in [0.4, 0.5) is 0 Å². The molecule has 0 saturated carbocycles. The first-order chi connectivity index (χ1) is 8.66. The summed E-state index contributed by atoms with van der Waals surface area (Å²) in [6.07, 6.45) is 5.06. The molecule has 1 aromatic rings. The lowest BCUT2D eigenvalue weighted by atomic mass is 9.99. The van der Waals surface area contributed by atoms with Crippen LogP contribution >= 0.6 is 23.2 Å². The van der Waals surface area contributed by atoms with E-state index >= 15 is 0 Å². The molecule has 4 heteroatoms. The standard InChI is InChI=1S/C14H19Cl2NO/c15-10-5-6-12(13(16)8-10)14(18)9-11-4-2-1-3-7-17-11/h5-6,8,11,14,17-18H,1-4,7,9H2. The average Bonchev–Trinajstić information content (AvgIpc) is 2.57. The van der Waals surface area contributed by atoms with E-state index in [4.69, 9.17) is 23.2 Å². The lowest BCUT2D eigenvalue weighted by molar-refractivity contribution is 0.150. The minimum Gasteiger partial charge on any atom is -0.388 e. The van der Waals surface area contributed by atoms with Crippen molar-refractivity contribution in [3.63, 3.8) is 0 Å². The summed E-state index contributed by atoms with van der Waals surface area (Å²) >= 11 is 12.0. The maximum Gasteiger partial charge on any atom is 0.0819 e. The summed E-state index contributed by atoms with van der Waals surface area (Å²) in [6.45, 7) is 1.05. The summed E-state index contributed by atoms with van der Waals surface area (Å²) in [5.41, 5.74) is 0.770. The van der Waals surface area contributed by atoms with E-state index in [2.05, 4.69) is 5.32 Å². The summed E-state index contributed by atoms with van der Waals surface area (Å²) in [4.78, 5) is 0. The second-order valence-electron chi connectivity index (χ2n) is 4.92. The molecule has 18 heavy (non-hydrogen) atoms. The summed E-state index contributed by atoms with van der Waals surface area (Å²) in [6, 6.07) is 5.65. The van der Waals surface area contributed by atoms with Crippen LogP contribution in [0.1, 0.15) is 43.8 Å². The third kappa shape index (κ3) is 3.86. The van der Waals surface area contributed by atoms with Crippen molar-refractivity contribution >= 4 is 23.2 Å². The van der Waals surface area contributed by atoms with Crippen molar-refractivity contribution in [2.75, 3.05) is 6.54 Å². The van der Waals surface area contributed by atoms with E-state index in [0.29, 0.717) is 22.5 Å². The summed E-state index contributed by atoms with van der Waals surface area (Å²) in [5.74, 6) is 0. The van der Waals surface area contributed by atoms with E-state index in [-0.39, 0.29) is 0 Å². The molecule has 0 aliphatic carbocycles. The smallest absolute Gasteiger partial charge is 0.0819 e. The van der Waals surface area contributed by atoms with Crippen molar-refractivity contribution < 1.29 is 5.11 Å². The van der Waals surface area contributed by atoms with Crippen molar-refractivity contribution in [2.24, 2.45) is 0 Å². The quantitative estimate of drug-likeness (QED) is 0.882. The van der Waals surface area contributed by atoms with Gasteiger partial charge in [-0.1, -0.05) is 42.1 Å². The molecule has 2 unspecified atom stereocenters. The molecule has 0 amide bonds. The Kier molecular flexibility index (Phi) is 5.31. The third-order valence-electron chi connectivity index (χ3n) is 3.49. The zero-order chi connectivity index (χ0) is 13.0. The van der Waals surface area contributed by atoms with E-state index in [9.17, 15) is 5.11 Å². The van der Waals surface area contributed by atoms with Crippen LogP contribution in [-0.4, -0.2) is 17.7 Å². The van der Waals surface area contributed by atoms with Gasteiger partial charge in [0.1, 0.15) is 0 Å². The highest BCUT2D eigenvalue weighted by Gasteiger charge is 2.19. The number of aliphatic hydroxyl groups is 1. The summed E-state index contributed by atoms with van der Waals surface area (Å²) in [7, 11) is 0. The Bertz CT molecular complexity index is 389. The molecule has 100 valence electrons. The maximum absolute atomic E-state index is 10.3. The Morgan fingerprint density at radius 3 is 2.89 bits per heavy atom. The van der Waals surface area contributed by atoms with Gasteiger partial charge in [-0.25, -0.2) is 0 Å². The van der Waals surface area contributed by atoms with Crippen molar-refractivity contribution in [1.29, 1.82) is 0 Å². The minimum atomic E-state index is -0.523. The topological polar surface area (TPSA) is 32.3 Å². The number of hydrogen-bond acceptors (Lipinski definition) is 2. The van der Waals surface area contributed by atoms with Gasteiger partial charge in [0.2, 0.25) is 0 Å². The Labute approximate surface area is 118 Å². The average molecular weight is 288 g/mol. The lowest BCUT2D eigenvalue weighted by Crippen LogP contribution is -2.29. The van der Waals surface area contributed by atoms with E-state index < -0.39 is 6.10 Å². The van der Waals surface area contributed by atoms with Crippen LogP contribution in [-0.2, 0) is 0 Å². The van der Waals surface area contributed by atoms with E-state index in [0.717, 1.165) is 18.5 Å². The Balaban J connectivity index is 1.99. The molecule has 1 fully saturated rings. The van der Waals surface area contributed by atoms with Gasteiger partial charge in [-0.2, -0.15) is 0 Å². The van der Waals surface area contributed by atoms with Gasteiger partial charge in [0.25, 0.3) is 0 Å². The van der Waals surface area contributed by atoms with Gasteiger partial charge in [0, 0.05) is 16.1 Å². The van der Waals surface area contributed by atoms with Gasteiger partial charge < -0.3 is 10.4 Å². The van der Waals surface area contributed by atoms with Crippen molar-refractivity contribution in [2.45, 2.75) is 44.2 Å². The van der Waals surface area contributed by atoms with Gasteiger partial charge in [-0.15, -0.1) is 0 Å². The van der Waals surface area contributed by atoms with Gasteiger partial charge in [0.15, 0.2) is 0 Å². The SMILES string of the molecule is OC(CC1CCCCCN1)c1ccc(Cl)cc1Cl. The molecule has 2 nitrogen and oxygen atoms in total. The normalized spacial score (nSPS) is 22.5. The zero-order valence-corrected chi connectivity index (χ0v) is 11.8. The largest absolute Gasteiger partial charge is 0.388 e. The van der Waals surface area contributed by atoms with Gasteiger partial charge >= 0.3 is 0 Å². The monoisotopic (exact) mass is 287 g/mol. The summed E-state index contributed by atoms with van der Waals surface area (Å²) in [5, 5.41) is 14.9. The zero-order valence-electron chi connectivity index (χ0n) is 10.3. The molecule has 1 aromatic carbocycles. The third-order valence-corrected chi connectivity index (χ3v) is 4.05. The Hall–Kier alpha value is -0.280. The molecule has 0 spiro atoms. The molecule has 2 rings (SSSR count). The lowest BCUT2D eigenvalue weighted by Gasteiger charge is -2.20. The number of hydrogen-bond donors (Lipinski definition) is 2. The highest BCUT2D eigenvalue weighted by molar-refractivity contribution is 6.35. The highest BCUT2D eigenvalue weighted by atomic mass is 35.5. The van der Waals surface area contributed by atoms with Crippen LogP contribution < -0.4 is 5.32 Å². The molecule has 0 bridgehead atoms. The Morgan fingerprint density at radius 2 is 2.11 bits per heavy atom. The predicted molar refractivity (Wildman–Crippen MR) is 76.3 cm³/mol. The number of aliphatic hydroxyl groups excluding tert-OH is 1. The second kappa shape index (κ2) is 6.76. The highest BCUT2D eigenvalue weighted by Crippen LogP contribution is 2.29. The first-order valence-corrected chi connectivity index (χ1v) is 7.29. The molecule has 2 N–H and O–H groups in total. The fourth-order valence-electron chi connectivity index (χ4n) is 2.47. The number of nitrogens with one attached hydrogen (secondary N) is 1. The van der Waals surface area contributed by atoms with Crippen molar-refractivity contribution in [3.05, 3.63) is 33.8 Å². The van der Waals surface area contributed by atoms with E-state index in [1.807, 2.05) is 6.07 Å². The minimum absolute atomic E-state index is 0.384. The molecule has 2 atom stereocenters. The fraction of sp³-hybridized carbons (Fsp3) is 0.571. The molecular formula is C14H19Cl2NO. The molecule has 0 radical (unpaired) electrons. The van der Waals surface area contributed by atoms with Gasteiger partial charge in [0.05, 0.1) is 6.10 Å². The van der Waals surface area contributed by atoms with Crippen molar-refractivity contribution in [3.8, 4) is 0 Å². The fourth-order valence-corrected chi connectivity index (χ4v) is 3.00. The summed E-state index contributed by atoms with van der Waals surface area (Å²) < 4.78 is 0. The number of rotatable bonds is 3. The van der Waals surface area contributed by atoms with Gasteiger partial charge in [-0.3, -0.25) is 0 Å². The van der Waals surface area contributed by atoms with Gasteiger partial charge in [-0.05, 0) is 43.5 Å². The number of benzene rings is 1. The first-order valence-electron chi connectivity index (χ1n) is 6.53. The van der Waals surface area contributed by atoms with Crippen LogP contribution in [0, 0.1) is 0 Å². The second-order valence-corrected chi connectivity index (χ2v) is 5.76. The predicted octanol–water partition coefficient (Wildman–Crippen LogP) is 3.95. The molecule has 1 saturated heterocycles. The molecule has 1 aliphatic rings.